The molecule has 4 heteroatoms. The van der Waals surface area contributed by atoms with Gasteiger partial charge in [-0.05, 0) is 26.8 Å². The van der Waals surface area contributed by atoms with E-state index in [0.717, 1.165) is 13.0 Å². The summed E-state index contributed by atoms with van der Waals surface area (Å²) in [5, 5.41) is 0. The van der Waals surface area contributed by atoms with E-state index in [1.54, 1.807) is 7.11 Å². The van der Waals surface area contributed by atoms with Crippen molar-refractivity contribution in [1.82, 2.24) is 4.90 Å². The van der Waals surface area contributed by atoms with Gasteiger partial charge in [0.25, 0.3) is 0 Å². The van der Waals surface area contributed by atoms with Crippen LogP contribution in [-0.2, 0) is 9.53 Å². The number of ether oxygens (including phenoxy) is 1. The first-order valence-corrected chi connectivity index (χ1v) is 5.53. The zero-order chi connectivity index (χ0) is 11.5. The third-order valence-electron chi connectivity index (χ3n) is 3.43. The van der Waals surface area contributed by atoms with Crippen LogP contribution < -0.4 is 5.73 Å². The van der Waals surface area contributed by atoms with Crippen LogP contribution in [0.1, 0.15) is 26.7 Å². The molecule has 1 amide bonds. The molecular formula is C11H22N2O2. The summed E-state index contributed by atoms with van der Waals surface area (Å²) in [6.07, 6.45) is 1.49. The molecular weight excluding hydrogens is 192 g/mol. The largest absolute Gasteiger partial charge is 0.385 e. The van der Waals surface area contributed by atoms with Gasteiger partial charge in [-0.1, -0.05) is 0 Å². The lowest BCUT2D eigenvalue weighted by molar-refractivity contribution is -0.130. The third kappa shape index (κ3) is 2.49. The predicted molar refractivity (Wildman–Crippen MR) is 59.4 cm³/mol. The molecule has 0 bridgehead atoms. The summed E-state index contributed by atoms with van der Waals surface area (Å²) in [4.78, 5) is 13.7. The maximum atomic E-state index is 11.8. The molecule has 0 aromatic carbocycles. The van der Waals surface area contributed by atoms with Crippen LogP contribution in [0.5, 0.6) is 0 Å². The summed E-state index contributed by atoms with van der Waals surface area (Å²) >= 11 is 0. The standard InChI is InChI=1S/C11H22N2O2/c1-11(2)9(8-12)7-10(14)13(11)5-4-6-15-3/h9H,4-8,12H2,1-3H3. The van der Waals surface area contributed by atoms with Crippen LogP contribution in [0.4, 0.5) is 0 Å². The molecule has 1 fully saturated rings. The molecule has 1 unspecified atom stereocenters. The molecule has 0 aliphatic carbocycles. The maximum absolute atomic E-state index is 11.8. The normalized spacial score (nSPS) is 24.9. The van der Waals surface area contributed by atoms with Gasteiger partial charge in [0.05, 0.1) is 0 Å². The van der Waals surface area contributed by atoms with Gasteiger partial charge in [-0.3, -0.25) is 4.79 Å². The first-order chi connectivity index (χ1) is 7.04. The summed E-state index contributed by atoms with van der Waals surface area (Å²) in [6, 6.07) is 0. The van der Waals surface area contributed by atoms with Crippen molar-refractivity contribution in [1.29, 1.82) is 0 Å². The highest BCUT2D eigenvalue weighted by Crippen LogP contribution is 2.34. The van der Waals surface area contributed by atoms with Gasteiger partial charge in [0.2, 0.25) is 5.91 Å². The molecule has 0 aromatic heterocycles. The molecule has 1 aliphatic rings. The van der Waals surface area contributed by atoms with E-state index in [4.69, 9.17) is 10.5 Å². The van der Waals surface area contributed by atoms with E-state index in [9.17, 15) is 4.79 Å². The second kappa shape index (κ2) is 4.94. The Labute approximate surface area is 91.8 Å². The maximum Gasteiger partial charge on any atom is 0.223 e. The molecule has 1 heterocycles. The highest BCUT2D eigenvalue weighted by atomic mass is 16.5. The number of carbonyl (C=O) groups excluding carboxylic acids is 1. The number of rotatable bonds is 5. The molecule has 1 rings (SSSR count). The van der Waals surface area contributed by atoms with E-state index >= 15 is 0 Å². The Kier molecular flexibility index (Phi) is 4.11. The number of carbonyl (C=O) groups is 1. The number of likely N-dealkylation sites (tertiary alicyclic amines) is 1. The van der Waals surface area contributed by atoms with Gasteiger partial charge >= 0.3 is 0 Å². The van der Waals surface area contributed by atoms with E-state index in [0.29, 0.717) is 19.6 Å². The van der Waals surface area contributed by atoms with Gasteiger partial charge in [0, 0.05) is 38.1 Å². The lowest BCUT2D eigenvalue weighted by Crippen LogP contribution is -2.46. The van der Waals surface area contributed by atoms with Crippen molar-refractivity contribution in [2.24, 2.45) is 11.7 Å². The number of methoxy groups -OCH3 is 1. The molecule has 1 atom stereocenters. The Balaban J connectivity index is 2.58. The molecule has 0 radical (unpaired) electrons. The highest BCUT2D eigenvalue weighted by molar-refractivity contribution is 5.80. The Hall–Kier alpha value is -0.610. The Morgan fingerprint density at radius 2 is 2.27 bits per heavy atom. The van der Waals surface area contributed by atoms with E-state index in [2.05, 4.69) is 13.8 Å². The predicted octanol–water partition coefficient (Wildman–Crippen LogP) is 0.609. The lowest BCUT2D eigenvalue weighted by atomic mass is 9.88. The van der Waals surface area contributed by atoms with Crippen LogP contribution in [0.2, 0.25) is 0 Å². The first kappa shape index (κ1) is 12.5. The van der Waals surface area contributed by atoms with Crippen molar-refractivity contribution in [2.75, 3.05) is 26.8 Å². The zero-order valence-corrected chi connectivity index (χ0v) is 9.95. The number of hydrogen-bond donors (Lipinski definition) is 1. The van der Waals surface area contributed by atoms with Crippen molar-refractivity contribution in [3.05, 3.63) is 0 Å². The van der Waals surface area contributed by atoms with Crippen LogP contribution in [0.15, 0.2) is 0 Å². The molecule has 1 aliphatic heterocycles. The number of nitrogens with two attached hydrogens (primary N) is 1. The Morgan fingerprint density at radius 3 is 2.73 bits per heavy atom. The molecule has 0 spiro atoms. The Morgan fingerprint density at radius 1 is 1.60 bits per heavy atom. The second-order valence-corrected chi connectivity index (χ2v) is 4.68. The van der Waals surface area contributed by atoms with Crippen molar-refractivity contribution < 1.29 is 9.53 Å². The average molecular weight is 214 g/mol. The van der Waals surface area contributed by atoms with Gasteiger partial charge in [-0.2, -0.15) is 0 Å². The van der Waals surface area contributed by atoms with Crippen molar-refractivity contribution in [3.63, 3.8) is 0 Å². The zero-order valence-electron chi connectivity index (χ0n) is 9.95. The SMILES string of the molecule is COCCCN1C(=O)CC(CN)C1(C)C. The van der Waals surface area contributed by atoms with Crippen molar-refractivity contribution in [3.8, 4) is 0 Å². The minimum atomic E-state index is -0.0976. The summed E-state index contributed by atoms with van der Waals surface area (Å²) in [5.41, 5.74) is 5.59. The van der Waals surface area contributed by atoms with Crippen molar-refractivity contribution >= 4 is 5.91 Å². The first-order valence-electron chi connectivity index (χ1n) is 5.53. The van der Waals surface area contributed by atoms with Crippen LogP contribution in [0.25, 0.3) is 0 Å². The van der Waals surface area contributed by atoms with Crippen LogP contribution in [0, 0.1) is 5.92 Å². The molecule has 15 heavy (non-hydrogen) atoms. The third-order valence-corrected chi connectivity index (χ3v) is 3.43. The van der Waals surface area contributed by atoms with E-state index in [1.807, 2.05) is 4.90 Å². The molecule has 0 aromatic rings. The molecule has 88 valence electrons. The number of nitrogens with zero attached hydrogens (tertiary/aromatic N) is 1. The van der Waals surface area contributed by atoms with Gasteiger partial charge in [0.15, 0.2) is 0 Å². The van der Waals surface area contributed by atoms with Gasteiger partial charge in [-0.25, -0.2) is 0 Å². The van der Waals surface area contributed by atoms with Gasteiger partial charge in [-0.15, -0.1) is 0 Å². The minimum absolute atomic E-state index is 0.0976. The lowest BCUT2D eigenvalue weighted by Gasteiger charge is -2.35. The summed E-state index contributed by atoms with van der Waals surface area (Å²) in [5.74, 6) is 0.513. The fourth-order valence-corrected chi connectivity index (χ4v) is 2.26. The quantitative estimate of drug-likeness (QED) is 0.682. The highest BCUT2D eigenvalue weighted by Gasteiger charge is 2.44. The summed E-state index contributed by atoms with van der Waals surface area (Å²) in [7, 11) is 1.68. The molecule has 1 saturated heterocycles. The molecule has 2 N–H and O–H groups in total. The second-order valence-electron chi connectivity index (χ2n) is 4.68. The monoisotopic (exact) mass is 214 g/mol. The molecule has 4 nitrogen and oxygen atoms in total. The van der Waals surface area contributed by atoms with E-state index in [1.165, 1.54) is 0 Å². The molecule has 0 saturated carbocycles. The summed E-state index contributed by atoms with van der Waals surface area (Å²) in [6.45, 7) is 6.26. The minimum Gasteiger partial charge on any atom is -0.385 e. The van der Waals surface area contributed by atoms with Gasteiger partial charge < -0.3 is 15.4 Å². The van der Waals surface area contributed by atoms with E-state index < -0.39 is 0 Å². The average Bonchev–Trinajstić information content (AvgIpc) is 2.40. The fourth-order valence-electron chi connectivity index (χ4n) is 2.26. The summed E-state index contributed by atoms with van der Waals surface area (Å²) < 4.78 is 5.00. The topological polar surface area (TPSA) is 55.6 Å². The van der Waals surface area contributed by atoms with Crippen LogP contribution in [-0.4, -0.2) is 43.2 Å². The fraction of sp³-hybridized carbons (Fsp3) is 0.909. The van der Waals surface area contributed by atoms with E-state index in [-0.39, 0.29) is 17.4 Å². The Bertz CT molecular complexity index is 229. The van der Waals surface area contributed by atoms with Crippen LogP contribution in [0.3, 0.4) is 0 Å². The van der Waals surface area contributed by atoms with Gasteiger partial charge in [0.1, 0.15) is 0 Å². The van der Waals surface area contributed by atoms with Crippen molar-refractivity contribution in [2.45, 2.75) is 32.2 Å². The smallest absolute Gasteiger partial charge is 0.223 e. The van der Waals surface area contributed by atoms with Crippen LogP contribution >= 0.6 is 0 Å². The number of amides is 1. The number of hydrogen-bond acceptors (Lipinski definition) is 3.